The van der Waals surface area contributed by atoms with Crippen LogP contribution in [0.5, 0.6) is 0 Å². The van der Waals surface area contributed by atoms with Gasteiger partial charge in [0.2, 0.25) is 0 Å². The second-order valence-corrected chi connectivity index (χ2v) is 9.81. The summed E-state index contributed by atoms with van der Waals surface area (Å²) in [5.74, 6) is -0.529. The molecular formula is C27H32N6O5. The summed E-state index contributed by atoms with van der Waals surface area (Å²) in [5.41, 5.74) is 1.56. The second kappa shape index (κ2) is 9.96. The van der Waals surface area contributed by atoms with Crippen molar-refractivity contribution < 1.29 is 18.8 Å². The summed E-state index contributed by atoms with van der Waals surface area (Å²) < 4.78 is 5.67. The molecule has 0 atom stereocenters. The third kappa shape index (κ3) is 4.31. The Kier molecular flexibility index (Phi) is 6.68. The Balaban J connectivity index is 1.29. The zero-order valence-corrected chi connectivity index (χ0v) is 21.9. The van der Waals surface area contributed by atoms with Crippen LogP contribution in [0.4, 0.5) is 10.5 Å². The molecule has 0 saturated carbocycles. The van der Waals surface area contributed by atoms with Crippen molar-refractivity contribution in [3.8, 4) is 0 Å². The Morgan fingerprint density at radius 2 is 1.89 bits per heavy atom. The number of amides is 4. The molecule has 0 unspecified atom stereocenters. The lowest BCUT2D eigenvalue weighted by Gasteiger charge is -2.37. The number of aryl methyl sites for hydroxylation is 1. The minimum Gasteiger partial charge on any atom is -0.422 e. The minimum atomic E-state index is -1.04. The van der Waals surface area contributed by atoms with Crippen molar-refractivity contribution in [3.63, 3.8) is 0 Å². The Bertz CT molecular complexity index is 1430. The van der Waals surface area contributed by atoms with Gasteiger partial charge in [0.05, 0.1) is 6.33 Å². The molecule has 4 amide bonds. The highest BCUT2D eigenvalue weighted by atomic mass is 16.4. The van der Waals surface area contributed by atoms with Gasteiger partial charge in [-0.05, 0) is 57.7 Å². The molecule has 0 aliphatic carbocycles. The molecule has 2 N–H and O–H groups in total. The lowest BCUT2D eigenvalue weighted by Crippen LogP contribution is -2.56. The van der Waals surface area contributed by atoms with E-state index in [0.29, 0.717) is 42.8 Å². The maximum absolute atomic E-state index is 13.4. The van der Waals surface area contributed by atoms with Gasteiger partial charge < -0.3 is 24.5 Å². The van der Waals surface area contributed by atoms with Gasteiger partial charge in [-0.3, -0.25) is 14.5 Å². The molecule has 1 aromatic carbocycles. The standard InChI is InChI=1S/C27H32N6O5/c1-4-31(5-2)18-6-7-19-17(3)20(24(35)38-22(19)14-18)8-11-33-25(36)27(30-26(33)37)9-12-32(13-10-27)23(34)21-15-28-16-29-21/h6-7,14-16H,4-5,8-13H2,1-3H3,(H,28,29)(H,30,37). The van der Waals surface area contributed by atoms with Crippen molar-refractivity contribution >= 4 is 34.5 Å². The average molecular weight is 521 g/mol. The van der Waals surface area contributed by atoms with Crippen LogP contribution in [0.25, 0.3) is 11.0 Å². The van der Waals surface area contributed by atoms with E-state index in [-0.39, 0.29) is 24.8 Å². The summed E-state index contributed by atoms with van der Waals surface area (Å²) in [4.78, 5) is 63.4. The van der Waals surface area contributed by atoms with Gasteiger partial charge in [0.25, 0.3) is 11.8 Å². The molecule has 0 bridgehead atoms. The number of hydrogen-bond acceptors (Lipinski definition) is 7. The number of fused-ring (bicyclic) bond motifs is 1. The molecule has 2 aliphatic heterocycles. The summed E-state index contributed by atoms with van der Waals surface area (Å²) in [6, 6.07) is 5.36. The SMILES string of the molecule is CCN(CC)c1ccc2c(C)c(CCN3C(=O)NC4(CCN(C(=O)c5c[nH]cn5)CC4)C3=O)c(=O)oc2c1. The highest BCUT2D eigenvalue weighted by Crippen LogP contribution is 2.31. The molecule has 2 aliphatic rings. The lowest BCUT2D eigenvalue weighted by atomic mass is 9.87. The maximum Gasteiger partial charge on any atom is 0.339 e. The van der Waals surface area contributed by atoms with E-state index in [1.54, 1.807) is 4.90 Å². The number of piperidine rings is 1. The molecule has 3 aromatic rings. The quantitative estimate of drug-likeness (QED) is 0.361. The molecule has 11 heteroatoms. The molecule has 5 rings (SSSR count). The van der Waals surface area contributed by atoms with E-state index in [4.69, 9.17) is 4.42 Å². The fourth-order valence-electron chi connectivity index (χ4n) is 5.53. The number of likely N-dealkylation sites (tertiary alicyclic amines) is 1. The van der Waals surface area contributed by atoms with Gasteiger partial charge >= 0.3 is 11.7 Å². The Morgan fingerprint density at radius 3 is 2.55 bits per heavy atom. The number of imide groups is 1. The fraction of sp³-hybridized carbons (Fsp3) is 0.444. The van der Waals surface area contributed by atoms with Gasteiger partial charge in [0, 0.05) is 61.6 Å². The first-order chi connectivity index (χ1) is 18.3. The normalized spacial score (nSPS) is 16.9. The topological polar surface area (TPSA) is 132 Å². The van der Waals surface area contributed by atoms with E-state index < -0.39 is 17.2 Å². The largest absolute Gasteiger partial charge is 0.422 e. The predicted molar refractivity (Wildman–Crippen MR) is 141 cm³/mol. The Labute approximate surface area is 219 Å². The van der Waals surface area contributed by atoms with Crippen LogP contribution in [0.3, 0.4) is 0 Å². The van der Waals surface area contributed by atoms with Crippen LogP contribution >= 0.6 is 0 Å². The first-order valence-corrected chi connectivity index (χ1v) is 13.0. The number of nitrogens with zero attached hydrogens (tertiary/aromatic N) is 4. The van der Waals surface area contributed by atoms with Crippen LogP contribution in [0.1, 0.15) is 48.3 Å². The summed E-state index contributed by atoms with van der Waals surface area (Å²) in [6.07, 6.45) is 3.80. The lowest BCUT2D eigenvalue weighted by molar-refractivity contribution is -0.132. The van der Waals surface area contributed by atoms with Crippen molar-refractivity contribution in [1.82, 2.24) is 25.1 Å². The number of urea groups is 1. The zero-order valence-electron chi connectivity index (χ0n) is 21.9. The number of aromatic nitrogens is 2. The van der Waals surface area contributed by atoms with Crippen molar-refractivity contribution in [2.24, 2.45) is 0 Å². The smallest absolute Gasteiger partial charge is 0.339 e. The number of carbonyl (C=O) groups is 3. The number of imidazole rings is 1. The monoisotopic (exact) mass is 520 g/mol. The molecule has 11 nitrogen and oxygen atoms in total. The minimum absolute atomic E-state index is 0.0664. The van der Waals surface area contributed by atoms with Gasteiger partial charge in [-0.2, -0.15) is 0 Å². The molecule has 38 heavy (non-hydrogen) atoms. The number of aromatic amines is 1. The van der Waals surface area contributed by atoms with Crippen LogP contribution in [-0.4, -0.2) is 75.9 Å². The first kappa shape index (κ1) is 25.5. The molecular weight excluding hydrogens is 488 g/mol. The van der Waals surface area contributed by atoms with Gasteiger partial charge in [-0.25, -0.2) is 14.6 Å². The number of hydrogen-bond donors (Lipinski definition) is 2. The number of anilines is 1. The zero-order chi connectivity index (χ0) is 27.0. The Morgan fingerprint density at radius 1 is 1.16 bits per heavy atom. The Hall–Kier alpha value is -4.15. The van der Waals surface area contributed by atoms with Crippen molar-refractivity contribution in [1.29, 1.82) is 0 Å². The van der Waals surface area contributed by atoms with E-state index in [1.165, 1.54) is 17.4 Å². The molecule has 200 valence electrons. The van der Waals surface area contributed by atoms with Crippen LogP contribution in [0.2, 0.25) is 0 Å². The number of benzene rings is 1. The number of rotatable bonds is 7. The highest BCUT2D eigenvalue weighted by molar-refractivity contribution is 6.07. The molecule has 0 radical (unpaired) electrons. The number of nitrogens with one attached hydrogen (secondary N) is 2. The van der Waals surface area contributed by atoms with Gasteiger partial charge in [-0.15, -0.1) is 0 Å². The summed E-state index contributed by atoms with van der Waals surface area (Å²) >= 11 is 0. The molecule has 4 heterocycles. The molecule has 2 aromatic heterocycles. The first-order valence-electron chi connectivity index (χ1n) is 13.0. The second-order valence-electron chi connectivity index (χ2n) is 9.81. The number of H-pyrrole nitrogens is 1. The third-order valence-corrected chi connectivity index (χ3v) is 7.85. The number of carbonyl (C=O) groups excluding carboxylic acids is 3. The molecule has 2 saturated heterocycles. The van der Waals surface area contributed by atoms with Crippen molar-refractivity contribution in [2.75, 3.05) is 37.6 Å². The summed E-state index contributed by atoms with van der Waals surface area (Å²) in [6.45, 7) is 8.42. The van der Waals surface area contributed by atoms with E-state index >= 15 is 0 Å². The van der Waals surface area contributed by atoms with E-state index in [1.807, 2.05) is 25.1 Å². The van der Waals surface area contributed by atoms with Crippen molar-refractivity contribution in [2.45, 2.75) is 45.6 Å². The van der Waals surface area contributed by atoms with Crippen molar-refractivity contribution in [3.05, 3.63) is 58.0 Å². The van der Waals surface area contributed by atoms with Crippen LogP contribution in [0.15, 0.2) is 39.9 Å². The van der Waals surface area contributed by atoms with E-state index in [0.717, 1.165) is 29.7 Å². The molecule has 2 fully saturated rings. The summed E-state index contributed by atoms with van der Waals surface area (Å²) in [5, 5.41) is 3.69. The summed E-state index contributed by atoms with van der Waals surface area (Å²) in [7, 11) is 0. The van der Waals surface area contributed by atoms with Gasteiger partial charge in [0.15, 0.2) is 0 Å². The van der Waals surface area contributed by atoms with Gasteiger partial charge in [0.1, 0.15) is 16.8 Å². The van der Waals surface area contributed by atoms with Gasteiger partial charge in [-0.1, -0.05) is 0 Å². The average Bonchev–Trinajstić information content (AvgIpc) is 3.52. The fourth-order valence-corrected chi connectivity index (χ4v) is 5.53. The van der Waals surface area contributed by atoms with E-state index in [9.17, 15) is 19.2 Å². The highest BCUT2D eigenvalue weighted by Gasteiger charge is 2.52. The molecule has 1 spiro atoms. The van der Waals surface area contributed by atoms with Crippen LogP contribution in [-0.2, 0) is 11.2 Å². The van der Waals surface area contributed by atoms with Crippen LogP contribution in [0, 0.1) is 6.92 Å². The van der Waals surface area contributed by atoms with E-state index in [2.05, 4.69) is 34.0 Å². The van der Waals surface area contributed by atoms with Crippen LogP contribution < -0.4 is 15.8 Å². The predicted octanol–water partition coefficient (Wildman–Crippen LogP) is 2.44. The maximum atomic E-state index is 13.4. The third-order valence-electron chi connectivity index (χ3n) is 7.85.